The predicted molar refractivity (Wildman–Crippen MR) is 103 cm³/mol. The monoisotopic (exact) mass is 414 g/mol. The summed E-state index contributed by atoms with van der Waals surface area (Å²) in [4.78, 5) is -0.0725. The molecule has 27 heavy (non-hydrogen) atoms. The average Bonchev–Trinajstić information content (AvgIpc) is 2.53. The van der Waals surface area contributed by atoms with Gasteiger partial charge < -0.3 is 0 Å². The fourth-order valence-corrected chi connectivity index (χ4v) is 5.66. The first-order valence-corrected chi connectivity index (χ1v) is 11.2. The van der Waals surface area contributed by atoms with Gasteiger partial charge in [-0.15, -0.1) is 0 Å². The van der Waals surface area contributed by atoms with Crippen molar-refractivity contribution in [3.05, 3.63) is 53.3 Å². The van der Waals surface area contributed by atoms with Crippen LogP contribution in [0.1, 0.15) is 25.0 Å². The molecule has 2 aromatic carbocycles. The van der Waals surface area contributed by atoms with E-state index in [1.54, 1.807) is 33.8 Å². The highest BCUT2D eigenvalue weighted by atomic mass is 32.2. The van der Waals surface area contributed by atoms with Gasteiger partial charge in [0.15, 0.2) is 0 Å². The second-order valence-corrected chi connectivity index (χ2v) is 10.2. The summed E-state index contributed by atoms with van der Waals surface area (Å²) in [5.74, 6) is -0.545. The molecule has 0 aromatic heterocycles. The SMILES string of the molecule is Cc1ccc(S(=O)(=O)NC(C)C)c(C)c1N(C)S(=O)(=O)c1ccc(F)cc1. The molecule has 0 amide bonds. The summed E-state index contributed by atoms with van der Waals surface area (Å²) < 4.78 is 67.7. The maximum absolute atomic E-state index is 13.1. The average molecular weight is 415 g/mol. The number of aryl methyl sites for hydroxylation is 1. The number of hydrogen-bond donors (Lipinski definition) is 1. The van der Waals surface area contributed by atoms with Crippen LogP contribution in [0.25, 0.3) is 0 Å². The van der Waals surface area contributed by atoms with E-state index >= 15 is 0 Å². The Kier molecular flexibility index (Phi) is 5.98. The van der Waals surface area contributed by atoms with Gasteiger partial charge in [0.05, 0.1) is 15.5 Å². The molecule has 0 saturated heterocycles. The Balaban J connectivity index is 2.61. The molecular formula is C18H23FN2O4S2. The van der Waals surface area contributed by atoms with Crippen molar-refractivity contribution in [1.29, 1.82) is 0 Å². The molecule has 0 fully saturated rings. The topological polar surface area (TPSA) is 83.6 Å². The van der Waals surface area contributed by atoms with Crippen molar-refractivity contribution in [3.63, 3.8) is 0 Å². The van der Waals surface area contributed by atoms with Gasteiger partial charge in [-0.25, -0.2) is 25.9 Å². The minimum absolute atomic E-state index is 0.0120. The highest BCUT2D eigenvalue weighted by Gasteiger charge is 2.27. The zero-order chi connectivity index (χ0) is 20.6. The van der Waals surface area contributed by atoms with Crippen molar-refractivity contribution >= 4 is 25.7 Å². The molecule has 6 nitrogen and oxygen atoms in total. The first-order valence-electron chi connectivity index (χ1n) is 8.25. The molecule has 0 radical (unpaired) electrons. The Morgan fingerprint density at radius 1 is 0.963 bits per heavy atom. The lowest BCUT2D eigenvalue weighted by Crippen LogP contribution is -2.32. The van der Waals surface area contributed by atoms with Crippen LogP contribution in [0.3, 0.4) is 0 Å². The molecule has 0 aliphatic carbocycles. The second-order valence-electron chi connectivity index (χ2n) is 6.56. The second kappa shape index (κ2) is 7.57. The molecule has 0 atom stereocenters. The lowest BCUT2D eigenvalue weighted by Gasteiger charge is -2.25. The van der Waals surface area contributed by atoms with Gasteiger partial charge in [-0.3, -0.25) is 4.31 Å². The number of nitrogens with zero attached hydrogens (tertiary/aromatic N) is 1. The summed E-state index contributed by atoms with van der Waals surface area (Å²) in [7, 11) is -6.44. The van der Waals surface area contributed by atoms with Crippen molar-refractivity contribution in [2.24, 2.45) is 0 Å². The van der Waals surface area contributed by atoms with Crippen molar-refractivity contribution in [3.8, 4) is 0 Å². The summed E-state index contributed by atoms with van der Waals surface area (Å²) in [5.41, 5.74) is 1.19. The van der Waals surface area contributed by atoms with E-state index in [-0.39, 0.29) is 21.5 Å². The normalized spacial score (nSPS) is 12.4. The minimum atomic E-state index is -3.99. The van der Waals surface area contributed by atoms with Gasteiger partial charge in [0.1, 0.15) is 5.82 Å². The van der Waals surface area contributed by atoms with E-state index in [9.17, 15) is 21.2 Å². The van der Waals surface area contributed by atoms with Crippen molar-refractivity contribution < 1.29 is 21.2 Å². The van der Waals surface area contributed by atoms with Crippen molar-refractivity contribution in [2.45, 2.75) is 43.5 Å². The largest absolute Gasteiger partial charge is 0.269 e. The van der Waals surface area contributed by atoms with E-state index < -0.39 is 25.9 Å². The first-order chi connectivity index (χ1) is 12.4. The smallest absolute Gasteiger partial charge is 0.264 e. The molecule has 2 aromatic rings. The van der Waals surface area contributed by atoms with Gasteiger partial charge in [0.25, 0.3) is 10.0 Å². The zero-order valence-corrected chi connectivity index (χ0v) is 17.4. The molecule has 0 aliphatic heterocycles. The molecule has 0 heterocycles. The van der Waals surface area contributed by atoms with Gasteiger partial charge in [-0.1, -0.05) is 6.07 Å². The Morgan fingerprint density at radius 3 is 2.04 bits per heavy atom. The van der Waals surface area contributed by atoms with E-state index in [0.29, 0.717) is 11.1 Å². The van der Waals surface area contributed by atoms with E-state index in [1.807, 2.05) is 0 Å². The van der Waals surface area contributed by atoms with Crippen LogP contribution in [0.15, 0.2) is 46.2 Å². The Labute approximate surface area is 160 Å². The van der Waals surface area contributed by atoms with E-state index in [0.717, 1.165) is 16.4 Å². The molecule has 2 rings (SSSR count). The minimum Gasteiger partial charge on any atom is -0.269 e. The van der Waals surface area contributed by atoms with Crippen LogP contribution in [0.5, 0.6) is 0 Å². The van der Waals surface area contributed by atoms with Crippen LogP contribution in [0.4, 0.5) is 10.1 Å². The van der Waals surface area contributed by atoms with E-state index in [2.05, 4.69) is 4.72 Å². The molecule has 9 heteroatoms. The maximum atomic E-state index is 13.1. The fraction of sp³-hybridized carbons (Fsp3) is 0.333. The van der Waals surface area contributed by atoms with Gasteiger partial charge in [0, 0.05) is 13.1 Å². The lowest BCUT2D eigenvalue weighted by molar-refractivity contribution is 0.569. The third kappa shape index (κ3) is 4.31. The molecule has 0 saturated carbocycles. The Hall–Kier alpha value is -1.97. The van der Waals surface area contributed by atoms with Crippen LogP contribution in [-0.4, -0.2) is 29.9 Å². The summed E-state index contributed by atoms with van der Waals surface area (Å²) in [6, 6.07) is 7.19. The Bertz CT molecular complexity index is 1050. The van der Waals surface area contributed by atoms with Crippen molar-refractivity contribution in [1.82, 2.24) is 4.72 Å². The number of nitrogens with one attached hydrogen (secondary N) is 1. The van der Waals surface area contributed by atoms with Crippen LogP contribution in [0.2, 0.25) is 0 Å². The van der Waals surface area contributed by atoms with Gasteiger partial charge >= 0.3 is 0 Å². The highest BCUT2D eigenvalue weighted by Crippen LogP contribution is 2.32. The molecule has 0 bridgehead atoms. The highest BCUT2D eigenvalue weighted by molar-refractivity contribution is 7.92. The number of sulfonamides is 2. The number of halogens is 1. The molecule has 0 aliphatic rings. The third-order valence-electron chi connectivity index (χ3n) is 4.05. The van der Waals surface area contributed by atoms with Crippen molar-refractivity contribution in [2.75, 3.05) is 11.4 Å². The van der Waals surface area contributed by atoms with Gasteiger partial charge in [0.2, 0.25) is 10.0 Å². The van der Waals surface area contributed by atoms with Crippen LogP contribution in [0, 0.1) is 19.7 Å². The molecule has 1 N–H and O–H groups in total. The number of rotatable bonds is 6. The quantitative estimate of drug-likeness (QED) is 0.788. The maximum Gasteiger partial charge on any atom is 0.264 e. The molecule has 148 valence electrons. The first kappa shape index (κ1) is 21.3. The summed E-state index contributed by atoms with van der Waals surface area (Å²) in [6.07, 6.45) is 0. The molecule has 0 spiro atoms. The summed E-state index contributed by atoms with van der Waals surface area (Å²) in [6.45, 7) is 6.67. The van der Waals surface area contributed by atoms with E-state index in [1.165, 1.54) is 25.2 Å². The number of benzene rings is 2. The fourth-order valence-electron chi connectivity index (χ4n) is 2.85. The van der Waals surface area contributed by atoms with Crippen LogP contribution < -0.4 is 9.03 Å². The summed E-state index contributed by atoms with van der Waals surface area (Å²) >= 11 is 0. The lowest BCUT2D eigenvalue weighted by atomic mass is 10.1. The van der Waals surface area contributed by atoms with Crippen LogP contribution in [-0.2, 0) is 20.0 Å². The Morgan fingerprint density at radius 2 is 1.52 bits per heavy atom. The number of hydrogen-bond acceptors (Lipinski definition) is 4. The molecular weight excluding hydrogens is 391 g/mol. The van der Waals surface area contributed by atoms with E-state index in [4.69, 9.17) is 0 Å². The summed E-state index contributed by atoms with van der Waals surface area (Å²) in [5, 5.41) is 0. The third-order valence-corrected chi connectivity index (χ3v) is 7.62. The van der Waals surface area contributed by atoms with Gasteiger partial charge in [-0.05, 0) is 69.2 Å². The molecule has 0 unspecified atom stereocenters. The zero-order valence-electron chi connectivity index (χ0n) is 15.8. The predicted octanol–water partition coefficient (Wildman–Crippen LogP) is 2.95. The van der Waals surface area contributed by atoms with Crippen LogP contribution >= 0.6 is 0 Å². The standard InChI is InChI=1S/C18H23FN2O4S2/c1-12(2)20-26(22,23)17-11-6-13(3)18(14(17)4)21(5)27(24,25)16-9-7-15(19)8-10-16/h6-12,20H,1-5H3. The number of anilines is 1. The van der Waals surface area contributed by atoms with Gasteiger partial charge in [-0.2, -0.15) is 0 Å².